The van der Waals surface area contributed by atoms with Gasteiger partial charge >= 0.3 is 6.03 Å². The smallest absolute Gasteiger partial charge is 0.319 e. The molecule has 1 saturated heterocycles. The molecule has 9 heteroatoms. The first-order valence-electron chi connectivity index (χ1n) is 7.36. The number of carbonyl (C=O) groups is 1. The van der Waals surface area contributed by atoms with Crippen molar-refractivity contribution < 1.29 is 9.90 Å². The second-order valence-corrected chi connectivity index (χ2v) is 5.64. The number of anilines is 1. The number of carbonyl (C=O) groups excluding carboxylic acids is 1. The van der Waals surface area contributed by atoms with Crippen LogP contribution in [0.15, 0.2) is 24.3 Å². The Balaban J connectivity index is 1.60. The Morgan fingerprint density at radius 2 is 2.39 bits per heavy atom. The summed E-state index contributed by atoms with van der Waals surface area (Å²) in [5, 5.41) is 30.5. The van der Waals surface area contributed by atoms with E-state index in [9.17, 15) is 9.90 Å². The van der Waals surface area contributed by atoms with Gasteiger partial charge in [-0.3, -0.25) is 0 Å². The molecule has 1 aromatic carbocycles. The number of rotatable bonds is 4. The molecule has 9 nitrogen and oxygen atoms in total. The van der Waals surface area contributed by atoms with Gasteiger partial charge in [-0.25, -0.2) is 4.79 Å². The van der Waals surface area contributed by atoms with Crippen molar-refractivity contribution in [1.82, 2.24) is 30.8 Å². The number of β-amino-alcohol motifs (C(OH)–C–C–N with tert-alkyl or cyclic N) is 1. The Bertz CT molecular complexity index is 694. The van der Waals surface area contributed by atoms with Crippen LogP contribution in [0.4, 0.5) is 10.5 Å². The number of nitrogens with one attached hydrogen (secondary N) is 3. The summed E-state index contributed by atoms with van der Waals surface area (Å²) in [5.74, 6) is 0.489. The molecule has 2 heterocycles. The van der Waals surface area contributed by atoms with E-state index in [4.69, 9.17) is 0 Å². The van der Waals surface area contributed by atoms with Crippen LogP contribution in [0.3, 0.4) is 0 Å². The average Bonchev–Trinajstić information content (AvgIpc) is 3.15. The Kier molecular flexibility index (Phi) is 4.22. The van der Waals surface area contributed by atoms with Crippen LogP contribution < -0.4 is 16.0 Å². The standard InChI is InChI=1S/C14H19N7O2/c1-21-19-12(18-20-21)10-3-2-4-11(7-10)17-13(22)16-9-14(23)5-6-15-8-14/h2-4,7,15,23H,5-6,8-9H2,1H3,(H2,16,17,22). The second-order valence-electron chi connectivity index (χ2n) is 5.64. The fourth-order valence-corrected chi connectivity index (χ4v) is 2.44. The van der Waals surface area contributed by atoms with Gasteiger partial charge in [-0.05, 0) is 30.3 Å². The third-order valence-corrected chi connectivity index (χ3v) is 3.69. The highest BCUT2D eigenvalue weighted by atomic mass is 16.3. The van der Waals surface area contributed by atoms with E-state index in [0.29, 0.717) is 24.5 Å². The van der Waals surface area contributed by atoms with Crippen molar-refractivity contribution in [1.29, 1.82) is 0 Å². The van der Waals surface area contributed by atoms with Crippen LogP contribution in [0.5, 0.6) is 0 Å². The lowest BCUT2D eigenvalue weighted by molar-refractivity contribution is 0.0640. The van der Waals surface area contributed by atoms with E-state index in [1.165, 1.54) is 4.80 Å². The third kappa shape index (κ3) is 3.82. The van der Waals surface area contributed by atoms with Crippen molar-refractivity contribution in [2.75, 3.05) is 25.0 Å². The van der Waals surface area contributed by atoms with Gasteiger partial charge in [0.1, 0.15) is 0 Å². The molecule has 2 aromatic rings. The minimum atomic E-state index is -0.872. The summed E-state index contributed by atoms with van der Waals surface area (Å²) in [6.07, 6.45) is 0.626. The van der Waals surface area contributed by atoms with Crippen molar-refractivity contribution >= 4 is 11.7 Å². The monoisotopic (exact) mass is 317 g/mol. The van der Waals surface area contributed by atoms with Crippen LogP contribution >= 0.6 is 0 Å². The molecule has 0 radical (unpaired) electrons. The largest absolute Gasteiger partial charge is 0.387 e. The van der Waals surface area contributed by atoms with Crippen LogP contribution in [0.25, 0.3) is 11.4 Å². The molecule has 1 atom stereocenters. The molecule has 0 bridgehead atoms. The molecule has 0 saturated carbocycles. The summed E-state index contributed by atoms with van der Waals surface area (Å²) in [4.78, 5) is 13.3. The van der Waals surface area contributed by atoms with E-state index in [0.717, 1.165) is 12.1 Å². The second kappa shape index (κ2) is 6.31. The number of aryl methyl sites for hydroxylation is 1. The topological polar surface area (TPSA) is 117 Å². The summed E-state index contributed by atoms with van der Waals surface area (Å²) < 4.78 is 0. The molecule has 2 amide bonds. The van der Waals surface area contributed by atoms with Crippen LogP contribution in [0, 0.1) is 0 Å². The number of nitrogens with zero attached hydrogens (tertiary/aromatic N) is 4. The van der Waals surface area contributed by atoms with Gasteiger partial charge in [0, 0.05) is 24.3 Å². The maximum absolute atomic E-state index is 12.0. The number of urea groups is 1. The fraction of sp³-hybridized carbons (Fsp3) is 0.429. The number of tetrazole rings is 1. The summed E-state index contributed by atoms with van der Waals surface area (Å²) >= 11 is 0. The number of aliphatic hydroxyl groups is 1. The molecule has 1 aromatic heterocycles. The highest BCUT2D eigenvalue weighted by Gasteiger charge is 2.31. The first-order chi connectivity index (χ1) is 11.0. The van der Waals surface area contributed by atoms with Gasteiger partial charge in [-0.15, -0.1) is 10.2 Å². The third-order valence-electron chi connectivity index (χ3n) is 3.69. The molecule has 3 rings (SSSR count). The summed E-state index contributed by atoms with van der Waals surface area (Å²) in [5.41, 5.74) is 0.501. The van der Waals surface area contributed by atoms with Crippen molar-refractivity contribution in [3.8, 4) is 11.4 Å². The van der Waals surface area contributed by atoms with Gasteiger partial charge in [0.05, 0.1) is 12.6 Å². The normalized spacial score (nSPS) is 20.4. The number of hydrogen-bond donors (Lipinski definition) is 4. The minimum absolute atomic E-state index is 0.206. The average molecular weight is 317 g/mol. The van der Waals surface area contributed by atoms with E-state index in [1.54, 1.807) is 25.2 Å². The molecule has 1 unspecified atom stereocenters. The molecule has 0 spiro atoms. The summed E-state index contributed by atoms with van der Waals surface area (Å²) in [7, 11) is 1.69. The van der Waals surface area contributed by atoms with Gasteiger partial charge in [-0.2, -0.15) is 4.80 Å². The Labute approximate surface area is 133 Å². The summed E-state index contributed by atoms with van der Waals surface area (Å²) in [6.45, 7) is 1.45. The van der Waals surface area contributed by atoms with Gasteiger partial charge in [0.15, 0.2) is 0 Å². The van der Waals surface area contributed by atoms with E-state index < -0.39 is 5.60 Å². The van der Waals surface area contributed by atoms with Gasteiger partial charge in [-0.1, -0.05) is 12.1 Å². The van der Waals surface area contributed by atoms with E-state index in [2.05, 4.69) is 31.4 Å². The van der Waals surface area contributed by atoms with Crippen LogP contribution in [-0.4, -0.2) is 56.6 Å². The predicted molar refractivity (Wildman–Crippen MR) is 83.7 cm³/mol. The molecule has 122 valence electrons. The Hall–Kier alpha value is -2.52. The zero-order valence-electron chi connectivity index (χ0n) is 12.8. The lowest BCUT2D eigenvalue weighted by Gasteiger charge is -2.21. The highest BCUT2D eigenvalue weighted by Crippen LogP contribution is 2.18. The van der Waals surface area contributed by atoms with Crippen LogP contribution in [0.2, 0.25) is 0 Å². The van der Waals surface area contributed by atoms with Crippen molar-refractivity contribution in [3.63, 3.8) is 0 Å². The molecule has 4 N–H and O–H groups in total. The summed E-state index contributed by atoms with van der Waals surface area (Å²) in [6, 6.07) is 6.81. The van der Waals surface area contributed by atoms with Crippen LogP contribution in [0.1, 0.15) is 6.42 Å². The molecular weight excluding hydrogens is 298 g/mol. The zero-order chi connectivity index (χ0) is 16.3. The van der Waals surface area contributed by atoms with Gasteiger partial charge < -0.3 is 21.1 Å². The number of hydrogen-bond acceptors (Lipinski definition) is 6. The first-order valence-corrected chi connectivity index (χ1v) is 7.36. The van der Waals surface area contributed by atoms with Gasteiger partial charge in [0.25, 0.3) is 0 Å². The quantitative estimate of drug-likeness (QED) is 0.616. The van der Waals surface area contributed by atoms with Crippen molar-refractivity contribution in [2.24, 2.45) is 7.05 Å². The zero-order valence-corrected chi connectivity index (χ0v) is 12.8. The fourth-order valence-electron chi connectivity index (χ4n) is 2.44. The lowest BCUT2D eigenvalue weighted by Crippen LogP contribution is -2.45. The first kappa shape index (κ1) is 15.4. The molecular formula is C14H19N7O2. The molecule has 23 heavy (non-hydrogen) atoms. The van der Waals surface area contributed by atoms with E-state index in [-0.39, 0.29) is 12.6 Å². The molecule has 1 aliphatic rings. The maximum atomic E-state index is 12.0. The minimum Gasteiger partial charge on any atom is -0.387 e. The van der Waals surface area contributed by atoms with Crippen LogP contribution in [-0.2, 0) is 7.05 Å². The number of amides is 2. The number of aromatic nitrogens is 4. The number of benzene rings is 1. The van der Waals surface area contributed by atoms with Gasteiger partial charge in [0.2, 0.25) is 5.82 Å². The predicted octanol–water partition coefficient (Wildman–Crippen LogP) is -0.277. The van der Waals surface area contributed by atoms with E-state index in [1.807, 2.05) is 6.07 Å². The van der Waals surface area contributed by atoms with Crippen molar-refractivity contribution in [2.45, 2.75) is 12.0 Å². The SMILES string of the molecule is Cn1nnc(-c2cccc(NC(=O)NCC3(O)CCNC3)c2)n1. The molecule has 0 aliphatic carbocycles. The highest BCUT2D eigenvalue weighted by molar-refractivity contribution is 5.89. The van der Waals surface area contributed by atoms with E-state index >= 15 is 0 Å². The Morgan fingerprint density at radius 1 is 1.52 bits per heavy atom. The molecule has 1 fully saturated rings. The van der Waals surface area contributed by atoms with Crippen molar-refractivity contribution in [3.05, 3.63) is 24.3 Å². The Morgan fingerprint density at radius 3 is 3.09 bits per heavy atom. The maximum Gasteiger partial charge on any atom is 0.319 e. The lowest BCUT2D eigenvalue weighted by atomic mass is 10.0. The molecule has 1 aliphatic heterocycles.